The van der Waals surface area contributed by atoms with Gasteiger partial charge in [0.2, 0.25) is 5.91 Å². The van der Waals surface area contributed by atoms with Crippen LogP contribution in [0, 0.1) is 17.0 Å². The first kappa shape index (κ1) is 26.1. The predicted molar refractivity (Wildman–Crippen MR) is 149 cm³/mol. The molecule has 0 spiro atoms. The Morgan fingerprint density at radius 3 is 2.38 bits per heavy atom. The molecule has 40 heavy (non-hydrogen) atoms. The third-order valence-electron chi connectivity index (χ3n) is 6.25. The van der Waals surface area contributed by atoms with Gasteiger partial charge in [-0.1, -0.05) is 54.6 Å². The van der Waals surface area contributed by atoms with E-state index in [9.17, 15) is 19.7 Å². The number of hydrogen-bond donors (Lipinski definition) is 1. The highest BCUT2D eigenvalue weighted by Gasteiger charge is 2.24. The zero-order chi connectivity index (χ0) is 28.1. The predicted octanol–water partition coefficient (Wildman–Crippen LogP) is 5.63. The van der Waals surface area contributed by atoms with Crippen molar-refractivity contribution >= 4 is 23.3 Å². The van der Waals surface area contributed by atoms with Crippen molar-refractivity contribution in [1.29, 1.82) is 0 Å². The number of anilines is 1. The molecule has 0 saturated carbocycles. The summed E-state index contributed by atoms with van der Waals surface area (Å²) in [5, 5.41) is 19.0. The molecule has 2 aromatic heterocycles. The lowest BCUT2D eigenvalue weighted by atomic mass is 10.1. The van der Waals surface area contributed by atoms with E-state index in [1.807, 2.05) is 60.7 Å². The van der Waals surface area contributed by atoms with Gasteiger partial charge in [-0.25, -0.2) is 4.68 Å². The van der Waals surface area contributed by atoms with Crippen LogP contribution in [-0.4, -0.2) is 38.0 Å². The van der Waals surface area contributed by atoms with Gasteiger partial charge in [0.15, 0.2) is 0 Å². The molecule has 2 amide bonds. The Morgan fingerprint density at radius 1 is 0.975 bits per heavy atom. The third kappa shape index (κ3) is 5.81. The molecule has 5 rings (SSSR count). The van der Waals surface area contributed by atoms with E-state index in [1.165, 1.54) is 29.4 Å². The number of rotatable bonds is 9. The van der Waals surface area contributed by atoms with Gasteiger partial charge in [-0.2, -0.15) is 5.10 Å². The molecule has 3 aromatic carbocycles. The highest BCUT2D eigenvalue weighted by Crippen LogP contribution is 2.25. The Morgan fingerprint density at radius 2 is 1.70 bits per heavy atom. The smallest absolute Gasteiger partial charge is 0.273 e. The minimum Gasteiger partial charge on any atom is -0.467 e. The maximum Gasteiger partial charge on any atom is 0.273 e. The van der Waals surface area contributed by atoms with Gasteiger partial charge in [0.05, 0.1) is 29.1 Å². The van der Waals surface area contributed by atoms with Crippen molar-refractivity contribution in [2.45, 2.75) is 13.5 Å². The summed E-state index contributed by atoms with van der Waals surface area (Å²) in [6, 6.07) is 28.3. The molecule has 0 saturated heterocycles. The summed E-state index contributed by atoms with van der Waals surface area (Å²) in [6.45, 7) is 1.26. The van der Waals surface area contributed by atoms with E-state index in [2.05, 4.69) is 5.32 Å². The van der Waals surface area contributed by atoms with Crippen LogP contribution in [0.5, 0.6) is 0 Å². The van der Waals surface area contributed by atoms with E-state index in [0.29, 0.717) is 22.8 Å². The second-order valence-corrected chi connectivity index (χ2v) is 9.08. The first-order chi connectivity index (χ1) is 19.4. The number of aryl methyl sites for hydroxylation is 1. The quantitative estimate of drug-likeness (QED) is 0.193. The number of para-hydroxylation sites is 1. The summed E-state index contributed by atoms with van der Waals surface area (Å²) in [6.07, 6.45) is 1.47. The number of carbonyl (C=O) groups is 2. The molecule has 10 heteroatoms. The summed E-state index contributed by atoms with van der Waals surface area (Å²) in [7, 11) is 0. The molecule has 0 aliphatic carbocycles. The van der Waals surface area contributed by atoms with Crippen LogP contribution in [0.25, 0.3) is 16.9 Å². The van der Waals surface area contributed by atoms with Crippen LogP contribution in [-0.2, 0) is 11.3 Å². The Labute approximate surface area is 229 Å². The number of nitrogens with zero attached hydrogens (tertiary/aromatic N) is 4. The number of benzene rings is 3. The average molecular weight is 536 g/mol. The van der Waals surface area contributed by atoms with Crippen molar-refractivity contribution in [2.24, 2.45) is 0 Å². The number of nitro benzene ring substituents is 1. The van der Waals surface area contributed by atoms with Crippen molar-refractivity contribution in [3.63, 3.8) is 0 Å². The van der Waals surface area contributed by atoms with Gasteiger partial charge < -0.3 is 14.6 Å². The number of carbonyl (C=O) groups excluding carboxylic acids is 2. The second kappa shape index (κ2) is 11.5. The number of amides is 2. The van der Waals surface area contributed by atoms with Crippen molar-refractivity contribution in [1.82, 2.24) is 14.7 Å². The van der Waals surface area contributed by atoms with E-state index in [1.54, 1.807) is 29.8 Å². The monoisotopic (exact) mass is 535 g/mol. The normalized spacial score (nSPS) is 10.7. The fourth-order valence-corrected chi connectivity index (χ4v) is 4.25. The molecule has 2 heterocycles. The van der Waals surface area contributed by atoms with E-state index in [-0.39, 0.29) is 24.3 Å². The average Bonchev–Trinajstić information content (AvgIpc) is 3.63. The summed E-state index contributed by atoms with van der Waals surface area (Å²) < 4.78 is 7.04. The first-order valence-electron chi connectivity index (χ1n) is 12.5. The number of nitrogens with one attached hydrogen (secondary N) is 1. The van der Waals surface area contributed by atoms with Gasteiger partial charge in [0.1, 0.15) is 18.1 Å². The van der Waals surface area contributed by atoms with Crippen molar-refractivity contribution < 1.29 is 18.9 Å². The Bertz CT molecular complexity index is 1650. The summed E-state index contributed by atoms with van der Waals surface area (Å²) in [4.78, 5) is 39.0. The highest BCUT2D eigenvalue weighted by molar-refractivity contribution is 5.99. The van der Waals surface area contributed by atoms with Crippen molar-refractivity contribution in [3.05, 3.63) is 130 Å². The maximum atomic E-state index is 13.5. The Balaban J connectivity index is 1.43. The van der Waals surface area contributed by atoms with Crippen molar-refractivity contribution in [3.8, 4) is 16.9 Å². The molecule has 0 aliphatic rings. The highest BCUT2D eigenvalue weighted by atomic mass is 16.6. The van der Waals surface area contributed by atoms with Crippen LogP contribution < -0.4 is 5.32 Å². The lowest BCUT2D eigenvalue weighted by Gasteiger charge is -2.21. The molecular formula is C30H25N5O5. The lowest BCUT2D eigenvalue weighted by Crippen LogP contribution is -2.37. The SMILES string of the molecule is Cc1ccc(C(=O)N(CC(=O)Nc2cc(-c3ccccc3)nn2-c2ccccc2)Cc2ccco2)cc1[N+](=O)[O-]. The zero-order valence-electron chi connectivity index (χ0n) is 21.6. The minimum absolute atomic E-state index is 0.00581. The Hall–Kier alpha value is -5.51. The minimum atomic E-state index is -0.545. The molecule has 0 aliphatic heterocycles. The van der Waals surface area contributed by atoms with E-state index in [4.69, 9.17) is 9.52 Å². The molecule has 200 valence electrons. The zero-order valence-corrected chi connectivity index (χ0v) is 21.6. The van der Waals surface area contributed by atoms with Gasteiger partial charge in [-0.15, -0.1) is 0 Å². The molecule has 0 fully saturated rings. The summed E-state index contributed by atoms with van der Waals surface area (Å²) in [5.74, 6) is -0.135. The molecule has 0 unspecified atom stereocenters. The van der Waals surface area contributed by atoms with Gasteiger partial charge in [0.25, 0.3) is 11.6 Å². The largest absolute Gasteiger partial charge is 0.467 e. The first-order valence-corrected chi connectivity index (χ1v) is 12.5. The molecule has 0 bridgehead atoms. The molecule has 1 N–H and O–H groups in total. The van der Waals surface area contributed by atoms with Crippen molar-refractivity contribution in [2.75, 3.05) is 11.9 Å². The maximum absolute atomic E-state index is 13.5. The van der Waals surface area contributed by atoms with Gasteiger partial charge in [0, 0.05) is 28.8 Å². The molecule has 0 atom stereocenters. The Kier molecular flexibility index (Phi) is 7.49. The summed E-state index contributed by atoms with van der Waals surface area (Å²) in [5.41, 5.74) is 2.64. The second-order valence-electron chi connectivity index (χ2n) is 9.08. The van der Waals surface area contributed by atoms with Gasteiger partial charge in [-0.3, -0.25) is 19.7 Å². The molecule has 0 radical (unpaired) electrons. The fourth-order valence-electron chi connectivity index (χ4n) is 4.25. The van der Waals surface area contributed by atoms with E-state index >= 15 is 0 Å². The fraction of sp³-hybridized carbons (Fsp3) is 0.100. The number of aromatic nitrogens is 2. The van der Waals surface area contributed by atoms with Crippen LogP contribution in [0.1, 0.15) is 21.7 Å². The van der Waals surface area contributed by atoms with Crippen LogP contribution in [0.2, 0.25) is 0 Å². The van der Waals surface area contributed by atoms with E-state index in [0.717, 1.165) is 11.3 Å². The lowest BCUT2D eigenvalue weighted by molar-refractivity contribution is -0.385. The van der Waals surface area contributed by atoms with Crippen LogP contribution in [0.3, 0.4) is 0 Å². The molecule has 10 nitrogen and oxygen atoms in total. The number of hydrogen-bond acceptors (Lipinski definition) is 6. The molecular weight excluding hydrogens is 510 g/mol. The van der Waals surface area contributed by atoms with Crippen LogP contribution >= 0.6 is 0 Å². The topological polar surface area (TPSA) is 124 Å². The summed E-state index contributed by atoms with van der Waals surface area (Å²) >= 11 is 0. The van der Waals surface area contributed by atoms with Gasteiger partial charge in [-0.05, 0) is 37.3 Å². The van der Waals surface area contributed by atoms with E-state index < -0.39 is 16.7 Å². The van der Waals surface area contributed by atoms with Crippen LogP contribution in [0.4, 0.5) is 11.5 Å². The van der Waals surface area contributed by atoms with Crippen LogP contribution in [0.15, 0.2) is 108 Å². The third-order valence-corrected chi connectivity index (χ3v) is 6.25. The standard InChI is InChI=1S/C30H25N5O5/c1-21-14-15-23(17-27(21)35(38)39)30(37)33(19-25-13-8-16-40-25)20-29(36)31-28-18-26(22-9-4-2-5-10-22)32-34(28)24-11-6-3-7-12-24/h2-18H,19-20H2,1H3,(H,31,36). The van der Waals surface area contributed by atoms with Gasteiger partial charge >= 0.3 is 0 Å². The molecule has 5 aromatic rings. The number of nitro groups is 1. The number of furan rings is 1.